The van der Waals surface area contributed by atoms with Crippen LogP contribution in [0, 0.1) is 23.7 Å². The van der Waals surface area contributed by atoms with E-state index in [-0.39, 0.29) is 27.6 Å². The van der Waals surface area contributed by atoms with Gasteiger partial charge >= 0.3 is 16.5 Å². The zero-order chi connectivity index (χ0) is 49.4. The Morgan fingerprint density at radius 2 is 0.853 bits per heavy atom. The van der Waals surface area contributed by atoms with E-state index in [0.29, 0.717) is 24.0 Å². The number of hydrogen-bond donors (Lipinski definition) is 4. The van der Waals surface area contributed by atoms with Gasteiger partial charge in [-0.05, 0) is 125 Å². The molecule has 0 amide bonds. The minimum atomic E-state index is -1.46. The molecule has 0 heterocycles. The third-order valence-corrected chi connectivity index (χ3v) is 11.0. The molecule has 0 aliphatic carbocycles. The van der Waals surface area contributed by atoms with E-state index in [1.807, 2.05) is 27.7 Å². The first-order chi connectivity index (χ1) is 32.4. The number of phenolic OH excluding ortho intramolecular Hbond substituents is 2. The Kier molecular flexibility index (Phi) is 31.0. The number of aromatic carboxylic acids is 2. The summed E-state index contributed by atoms with van der Waals surface area (Å²) in [6.07, 6.45) is 18.1. The zero-order valence-electron chi connectivity index (χ0n) is 41.0. The minimum absolute atomic E-state index is 0. The smallest absolute Gasteiger partial charge is 0.545 e. The summed E-state index contributed by atoms with van der Waals surface area (Å²) in [5, 5.41) is 59.0. The van der Waals surface area contributed by atoms with E-state index < -0.39 is 34.9 Å². The van der Waals surface area contributed by atoms with Crippen LogP contribution in [0.1, 0.15) is 181 Å². The number of aryl methyl sites for hydroxylation is 4. The third kappa shape index (κ3) is 21.3. The predicted molar refractivity (Wildman–Crippen MR) is 269 cm³/mol. The molecule has 4 N–H and O–H groups in total. The Labute approximate surface area is 416 Å². The number of rotatable bonds is 24. The van der Waals surface area contributed by atoms with Crippen molar-refractivity contribution < 1.29 is 56.7 Å². The number of unbranched alkanes of at least 4 members (excludes halogenated alkanes) is 7. The third-order valence-electron chi connectivity index (χ3n) is 11.0. The first-order valence-electron chi connectivity index (χ1n) is 24.0. The standard InChI is InChI=1S/C33H42N2.2C12H16O4.Ni/c1-5-9-13-20-28-22-16-18-25-30(28)34-32(24-12-8-4)33(27-15-11-7-3)35-31-26-19-17-23-29(31)21-14-10-6-2;2*1-2-3-4-5-8-6-7-9(13)11(14)10(8)12(15)16;/h16-19,22-23,25-26H,7-8,11-15,20-21,24,27H2,1-4H3;2*6-7,13-14H,2-5H2,1H3,(H,15,16);/q;;;+2/p-2. The molecule has 0 aliphatic rings. The second kappa shape index (κ2) is 35.2. The maximum absolute atomic E-state index is 10.8. The molecule has 368 valence electrons. The molecule has 4 aromatic carbocycles. The summed E-state index contributed by atoms with van der Waals surface area (Å²) in [5.74, 6) is 7.43. The van der Waals surface area contributed by atoms with Gasteiger partial charge < -0.3 is 40.2 Å². The largest absolute Gasteiger partial charge is 2.00 e. The fourth-order valence-electron chi connectivity index (χ4n) is 7.26. The fourth-order valence-corrected chi connectivity index (χ4v) is 7.26. The van der Waals surface area contributed by atoms with E-state index in [1.54, 1.807) is 0 Å². The minimum Gasteiger partial charge on any atom is -0.545 e. The topological polar surface area (TPSA) is 186 Å². The van der Waals surface area contributed by atoms with Gasteiger partial charge in [-0.2, -0.15) is 0 Å². The Bertz CT molecular complexity index is 2270. The number of carbonyl (C=O) groups excluding carboxylic acids is 2. The van der Waals surface area contributed by atoms with Crippen LogP contribution < -0.4 is 10.2 Å². The average molecular weight is 972 g/mol. The van der Waals surface area contributed by atoms with Crippen LogP contribution in [-0.4, -0.2) is 43.8 Å². The number of aliphatic imine (C=N–C) groups is 2. The number of phenols is 4. The predicted octanol–water partition coefficient (Wildman–Crippen LogP) is 11.6. The van der Waals surface area contributed by atoms with Gasteiger partial charge in [0.15, 0.2) is 23.0 Å². The number of aromatic hydroxyl groups is 4. The van der Waals surface area contributed by atoms with Crippen LogP contribution in [0.5, 0.6) is 23.0 Å². The molecule has 0 aromatic heterocycles. The molecule has 0 aliphatic heterocycles. The van der Waals surface area contributed by atoms with Gasteiger partial charge in [-0.15, -0.1) is 23.7 Å². The molecular weight excluding hydrogens is 899 g/mol. The molecule has 0 fully saturated rings. The summed E-state index contributed by atoms with van der Waals surface area (Å²) >= 11 is 0. The summed E-state index contributed by atoms with van der Waals surface area (Å²) < 4.78 is 0. The Balaban J connectivity index is 0.000000580. The van der Waals surface area contributed by atoms with Crippen LogP contribution in [0.2, 0.25) is 0 Å². The Morgan fingerprint density at radius 1 is 0.485 bits per heavy atom. The summed E-state index contributed by atoms with van der Waals surface area (Å²) in [6, 6.07) is 22.6. The van der Waals surface area contributed by atoms with Crippen LogP contribution >= 0.6 is 0 Å². The first kappa shape index (κ1) is 60.0. The molecule has 11 heteroatoms. The molecule has 4 rings (SSSR count). The molecule has 0 saturated carbocycles. The van der Waals surface area contributed by atoms with Crippen LogP contribution in [0.25, 0.3) is 0 Å². The van der Waals surface area contributed by atoms with Gasteiger partial charge in [0.05, 0.1) is 34.7 Å². The Morgan fingerprint density at radius 3 is 1.22 bits per heavy atom. The normalized spacial score (nSPS) is 10.7. The molecule has 0 atom stereocenters. The van der Waals surface area contributed by atoms with Gasteiger partial charge in [0.1, 0.15) is 0 Å². The number of carboxylic acids is 2. The van der Waals surface area contributed by atoms with E-state index >= 15 is 0 Å². The SMILES string of the molecule is CC#CCCc1ccccc1N=C(CCCC)C(CCCCC)=Nc1ccccc1CCC#CC.CCCCCc1ccc(O)c(O)c1C(=O)[O-].CCCCCc1ccc(O)c(O)c1C(=O)[O-].[Ni+2]. The van der Waals surface area contributed by atoms with E-state index in [0.717, 1.165) is 119 Å². The molecule has 10 nitrogen and oxygen atoms in total. The van der Waals surface area contributed by atoms with Gasteiger partial charge in [0.25, 0.3) is 0 Å². The number of carboxylic acid groups (broad SMARTS) is 2. The van der Waals surface area contributed by atoms with E-state index in [4.69, 9.17) is 9.98 Å². The summed E-state index contributed by atoms with van der Waals surface area (Å²) in [6.45, 7) is 12.4. The van der Waals surface area contributed by atoms with Crippen LogP contribution in [0.3, 0.4) is 0 Å². The van der Waals surface area contributed by atoms with Crippen LogP contribution in [0.4, 0.5) is 11.4 Å². The fraction of sp³-hybridized carbons (Fsp3) is 0.439. The first-order valence-corrected chi connectivity index (χ1v) is 24.0. The summed E-state index contributed by atoms with van der Waals surface area (Å²) in [7, 11) is 0. The molecule has 4 aromatic rings. The van der Waals surface area contributed by atoms with E-state index in [9.17, 15) is 40.2 Å². The van der Waals surface area contributed by atoms with Crippen molar-refractivity contribution in [3.63, 3.8) is 0 Å². The van der Waals surface area contributed by atoms with Crippen molar-refractivity contribution in [2.75, 3.05) is 0 Å². The van der Waals surface area contributed by atoms with Crippen molar-refractivity contribution in [2.24, 2.45) is 9.98 Å². The van der Waals surface area contributed by atoms with Gasteiger partial charge in [-0.3, -0.25) is 9.98 Å². The monoisotopic (exact) mass is 970 g/mol. The van der Waals surface area contributed by atoms with Crippen LogP contribution in [0.15, 0.2) is 82.8 Å². The van der Waals surface area contributed by atoms with Gasteiger partial charge in [-0.1, -0.05) is 121 Å². The maximum atomic E-state index is 10.8. The number of carbonyl (C=O) groups is 2. The van der Waals surface area contributed by atoms with Gasteiger partial charge in [0, 0.05) is 24.0 Å². The summed E-state index contributed by atoms with van der Waals surface area (Å²) in [5.41, 5.74) is 7.34. The van der Waals surface area contributed by atoms with Crippen LogP contribution in [-0.2, 0) is 42.2 Å². The maximum Gasteiger partial charge on any atom is 2.00 e. The van der Waals surface area contributed by atoms with Crippen molar-refractivity contribution in [3.05, 3.63) is 106 Å². The molecule has 0 unspecified atom stereocenters. The summed E-state index contributed by atoms with van der Waals surface area (Å²) in [4.78, 5) is 32.2. The van der Waals surface area contributed by atoms with Gasteiger partial charge in [-0.25, -0.2) is 0 Å². The molecule has 0 radical (unpaired) electrons. The van der Waals surface area contributed by atoms with Crippen molar-refractivity contribution in [3.8, 4) is 46.7 Å². The number of para-hydroxylation sites is 2. The van der Waals surface area contributed by atoms with Crippen molar-refractivity contribution in [2.45, 2.75) is 164 Å². The zero-order valence-corrected chi connectivity index (χ0v) is 42.0. The second-order valence-electron chi connectivity index (χ2n) is 16.2. The molecule has 0 spiro atoms. The molecule has 68 heavy (non-hydrogen) atoms. The Hall–Kier alpha value is -6.03. The van der Waals surface area contributed by atoms with Crippen molar-refractivity contribution in [1.82, 2.24) is 0 Å². The van der Waals surface area contributed by atoms with Crippen molar-refractivity contribution in [1.29, 1.82) is 0 Å². The molecular formula is C57H72N2NiO8. The molecule has 0 saturated heterocycles. The number of nitrogens with zero attached hydrogens (tertiary/aromatic N) is 2. The second-order valence-corrected chi connectivity index (χ2v) is 16.2. The van der Waals surface area contributed by atoms with E-state index in [2.05, 4.69) is 86.1 Å². The molecule has 0 bridgehead atoms. The number of hydrogen-bond acceptors (Lipinski definition) is 10. The van der Waals surface area contributed by atoms with E-state index in [1.165, 1.54) is 48.2 Å². The van der Waals surface area contributed by atoms with Crippen molar-refractivity contribution >= 4 is 34.7 Å². The average Bonchev–Trinajstić information content (AvgIpc) is 3.31. The number of benzene rings is 4. The quantitative estimate of drug-likeness (QED) is 0.0176. The van der Waals surface area contributed by atoms with Gasteiger partial charge in [0.2, 0.25) is 0 Å².